The number of carbonyl (C=O) groups is 1. The number of aryl methyl sites for hydroxylation is 1. The molecule has 0 radical (unpaired) electrons. The lowest BCUT2D eigenvalue weighted by Gasteiger charge is -2.06. The third kappa shape index (κ3) is 4.36. The molecular weight excluding hydrogens is 430 g/mol. The minimum absolute atomic E-state index is 0.155. The Hall–Kier alpha value is -2.62. The fourth-order valence-corrected chi connectivity index (χ4v) is 4.33. The number of amides is 1. The molecule has 0 aliphatic rings. The van der Waals surface area contributed by atoms with Crippen molar-refractivity contribution in [2.45, 2.75) is 18.6 Å². The Morgan fingerprint density at radius 1 is 1.41 bits per heavy atom. The van der Waals surface area contributed by atoms with Crippen LogP contribution in [0, 0.1) is 6.92 Å². The summed E-state index contributed by atoms with van der Waals surface area (Å²) in [5.41, 5.74) is 1.59. The lowest BCUT2D eigenvalue weighted by atomic mass is 10.2. The molecule has 29 heavy (non-hydrogen) atoms. The number of aromatic nitrogens is 4. The second-order valence-corrected chi connectivity index (χ2v) is 8.37. The first kappa shape index (κ1) is 19.7. The molecule has 0 spiro atoms. The lowest BCUT2D eigenvalue weighted by Crippen LogP contribution is -2.14. The molecule has 0 atom stereocenters. The maximum atomic E-state index is 12.2. The van der Waals surface area contributed by atoms with E-state index in [4.69, 9.17) is 16.0 Å². The van der Waals surface area contributed by atoms with Crippen LogP contribution in [-0.2, 0) is 11.3 Å². The summed E-state index contributed by atoms with van der Waals surface area (Å²) in [6.45, 7) is 6.16. The molecule has 7 nitrogen and oxygen atoms in total. The summed E-state index contributed by atoms with van der Waals surface area (Å²) >= 11 is 8.74. The van der Waals surface area contributed by atoms with Gasteiger partial charge >= 0.3 is 0 Å². The van der Waals surface area contributed by atoms with Gasteiger partial charge in [-0.25, -0.2) is 4.98 Å². The highest BCUT2D eigenvalue weighted by molar-refractivity contribution is 7.99. The number of carbonyl (C=O) groups excluding carboxylic acids is 1. The van der Waals surface area contributed by atoms with Gasteiger partial charge in [-0.3, -0.25) is 9.36 Å². The maximum Gasteiger partial charge on any atom is 0.236 e. The molecule has 0 fully saturated rings. The number of rotatable bonds is 7. The van der Waals surface area contributed by atoms with Crippen LogP contribution in [0.3, 0.4) is 0 Å². The Morgan fingerprint density at radius 3 is 3.03 bits per heavy atom. The predicted molar refractivity (Wildman–Crippen MR) is 117 cm³/mol. The molecule has 3 heterocycles. The van der Waals surface area contributed by atoms with Crippen LogP contribution in [0.25, 0.3) is 22.6 Å². The number of halogens is 1. The first-order valence-corrected chi connectivity index (χ1v) is 10.9. The number of benzene rings is 1. The van der Waals surface area contributed by atoms with Crippen LogP contribution in [0.2, 0.25) is 5.02 Å². The summed E-state index contributed by atoms with van der Waals surface area (Å²) < 4.78 is 7.76. The number of hydrogen-bond donors (Lipinski definition) is 1. The van der Waals surface area contributed by atoms with Gasteiger partial charge in [0.15, 0.2) is 16.0 Å². The Balaban J connectivity index is 1.54. The zero-order valence-corrected chi connectivity index (χ0v) is 17.8. The van der Waals surface area contributed by atoms with Crippen LogP contribution in [0.1, 0.15) is 5.69 Å². The van der Waals surface area contributed by atoms with Crippen molar-refractivity contribution in [2.24, 2.45) is 0 Å². The van der Waals surface area contributed by atoms with Gasteiger partial charge in [0, 0.05) is 22.3 Å². The van der Waals surface area contributed by atoms with Crippen LogP contribution in [-0.4, -0.2) is 31.4 Å². The molecule has 148 valence electrons. The average molecular weight is 446 g/mol. The van der Waals surface area contributed by atoms with Gasteiger partial charge in [0.1, 0.15) is 5.58 Å². The van der Waals surface area contributed by atoms with Gasteiger partial charge in [0.25, 0.3) is 0 Å². The highest BCUT2D eigenvalue weighted by Gasteiger charge is 2.18. The fourth-order valence-electron chi connectivity index (χ4n) is 2.69. The Labute approximate surface area is 179 Å². The van der Waals surface area contributed by atoms with Crippen molar-refractivity contribution in [3.63, 3.8) is 0 Å². The van der Waals surface area contributed by atoms with Crippen molar-refractivity contribution < 1.29 is 9.21 Å². The van der Waals surface area contributed by atoms with Gasteiger partial charge in [-0.15, -0.1) is 28.1 Å². The third-order valence-electron chi connectivity index (χ3n) is 3.92. The van der Waals surface area contributed by atoms with E-state index < -0.39 is 0 Å². The molecule has 4 rings (SSSR count). The van der Waals surface area contributed by atoms with Crippen molar-refractivity contribution in [2.75, 3.05) is 11.1 Å². The van der Waals surface area contributed by atoms with E-state index in [9.17, 15) is 4.79 Å². The van der Waals surface area contributed by atoms with E-state index >= 15 is 0 Å². The molecule has 1 aromatic carbocycles. The average Bonchev–Trinajstić information content (AvgIpc) is 3.38. The minimum Gasteiger partial charge on any atom is -0.453 e. The van der Waals surface area contributed by atoms with Gasteiger partial charge in [-0.05, 0) is 31.2 Å². The Morgan fingerprint density at radius 2 is 2.28 bits per heavy atom. The van der Waals surface area contributed by atoms with Crippen LogP contribution in [0.4, 0.5) is 5.13 Å². The normalized spacial score (nSPS) is 11.1. The van der Waals surface area contributed by atoms with Crippen LogP contribution >= 0.6 is 34.7 Å². The van der Waals surface area contributed by atoms with Crippen molar-refractivity contribution in [3.8, 4) is 11.6 Å². The Kier molecular flexibility index (Phi) is 5.70. The molecule has 3 aromatic heterocycles. The number of anilines is 1. The summed E-state index contributed by atoms with van der Waals surface area (Å²) in [6.07, 6.45) is 1.74. The summed E-state index contributed by atoms with van der Waals surface area (Å²) in [7, 11) is 0. The first-order chi connectivity index (χ1) is 14.0. The molecule has 0 aliphatic carbocycles. The van der Waals surface area contributed by atoms with Gasteiger partial charge in [-0.1, -0.05) is 29.4 Å². The van der Waals surface area contributed by atoms with Crippen LogP contribution < -0.4 is 5.32 Å². The molecule has 0 bridgehead atoms. The molecule has 0 aliphatic heterocycles. The number of hydrogen-bond acceptors (Lipinski definition) is 7. The van der Waals surface area contributed by atoms with Crippen molar-refractivity contribution >= 4 is 56.7 Å². The fraction of sp³-hybridized carbons (Fsp3) is 0.158. The predicted octanol–water partition coefficient (Wildman–Crippen LogP) is 5.03. The highest BCUT2D eigenvalue weighted by atomic mass is 35.5. The SMILES string of the molecule is C=CCn1c(SCC(=O)Nc2nc(C)cs2)nnc1-c1cc2cc(Cl)ccc2o1. The zero-order valence-electron chi connectivity index (χ0n) is 15.4. The molecule has 0 saturated carbocycles. The standard InChI is InChI=1S/C19H16ClN5O2S2/c1-3-6-25-17(15-8-12-7-13(20)4-5-14(12)27-15)23-24-19(25)29-10-16(26)22-18-21-11(2)9-28-18/h3-5,7-9H,1,6,10H2,2H3,(H,21,22,26). The number of nitrogens with zero attached hydrogens (tertiary/aromatic N) is 4. The molecular formula is C19H16ClN5O2S2. The van der Waals surface area contributed by atoms with Gasteiger partial charge < -0.3 is 9.73 Å². The van der Waals surface area contributed by atoms with E-state index in [1.165, 1.54) is 23.1 Å². The zero-order chi connectivity index (χ0) is 20.4. The van der Waals surface area contributed by atoms with Gasteiger partial charge in [-0.2, -0.15) is 0 Å². The van der Waals surface area contributed by atoms with Crippen molar-refractivity contribution in [3.05, 3.63) is 53.0 Å². The molecule has 10 heteroatoms. The number of fused-ring (bicyclic) bond motifs is 1. The maximum absolute atomic E-state index is 12.2. The highest BCUT2D eigenvalue weighted by Crippen LogP contribution is 2.30. The minimum atomic E-state index is -0.155. The molecule has 1 N–H and O–H groups in total. The summed E-state index contributed by atoms with van der Waals surface area (Å²) in [6, 6.07) is 7.29. The molecule has 4 aromatic rings. The largest absolute Gasteiger partial charge is 0.453 e. The van der Waals surface area contributed by atoms with E-state index in [2.05, 4.69) is 27.1 Å². The summed E-state index contributed by atoms with van der Waals surface area (Å²) in [5, 5.41) is 15.9. The van der Waals surface area contributed by atoms with E-state index in [0.29, 0.717) is 39.0 Å². The van der Waals surface area contributed by atoms with Crippen LogP contribution in [0.15, 0.2) is 51.9 Å². The van der Waals surface area contributed by atoms with Crippen molar-refractivity contribution in [1.82, 2.24) is 19.7 Å². The second-order valence-electron chi connectivity index (χ2n) is 6.13. The van der Waals surface area contributed by atoms with Gasteiger partial charge in [0.2, 0.25) is 11.7 Å². The van der Waals surface area contributed by atoms with Gasteiger partial charge in [0.05, 0.1) is 11.4 Å². The summed E-state index contributed by atoms with van der Waals surface area (Å²) in [4.78, 5) is 16.4. The smallest absolute Gasteiger partial charge is 0.236 e. The third-order valence-corrected chi connectivity index (χ3v) is 6.00. The van der Waals surface area contributed by atoms with E-state index in [1.807, 2.05) is 35.1 Å². The first-order valence-electron chi connectivity index (χ1n) is 8.62. The lowest BCUT2D eigenvalue weighted by molar-refractivity contribution is -0.113. The number of allylic oxidation sites excluding steroid dienone is 1. The number of furan rings is 1. The topological polar surface area (TPSA) is 85.8 Å². The number of thiazole rings is 1. The quantitative estimate of drug-likeness (QED) is 0.317. The second kappa shape index (κ2) is 8.40. The van der Waals surface area contributed by atoms with Crippen molar-refractivity contribution in [1.29, 1.82) is 0 Å². The van der Waals surface area contributed by atoms with E-state index in [1.54, 1.807) is 12.1 Å². The Bertz CT molecular complexity index is 1200. The molecule has 1 amide bonds. The van der Waals surface area contributed by atoms with E-state index in [0.717, 1.165) is 11.1 Å². The number of nitrogens with one attached hydrogen (secondary N) is 1. The summed E-state index contributed by atoms with van der Waals surface area (Å²) in [5.74, 6) is 1.17. The molecule has 0 unspecified atom stereocenters. The van der Waals surface area contributed by atoms with Crippen LogP contribution in [0.5, 0.6) is 0 Å². The monoisotopic (exact) mass is 445 g/mol. The van der Waals surface area contributed by atoms with E-state index in [-0.39, 0.29) is 11.7 Å². The number of thioether (sulfide) groups is 1. The molecule has 0 saturated heterocycles.